The molecule has 0 N–H and O–H groups in total. The highest BCUT2D eigenvalue weighted by molar-refractivity contribution is 7.84. The summed E-state index contributed by atoms with van der Waals surface area (Å²) in [4.78, 5) is 3.98. The zero-order valence-corrected chi connectivity index (χ0v) is 9.81. The van der Waals surface area contributed by atoms with Crippen LogP contribution in [0.4, 0.5) is 0 Å². The lowest BCUT2D eigenvalue weighted by Crippen LogP contribution is -1.99. The van der Waals surface area contributed by atoms with Crippen LogP contribution in [-0.2, 0) is 17.3 Å². The molecule has 0 saturated carbocycles. The van der Waals surface area contributed by atoms with E-state index < -0.39 is 10.8 Å². The van der Waals surface area contributed by atoms with Crippen LogP contribution in [0.1, 0.15) is 6.92 Å². The molecule has 0 aliphatic rings. The van der Waals surface area contributed by atoms with Gasteiger partial charge in [0.25, 0.3) is 0 Å². The van der Waals surface area contributed by atoms with Crippen molar-refractivity contribution in [2.75, 3.05) is 6.26 Å². The first-order chi connectivity index (χ1) is 7.70. The molecule has 0 bridgehead atoms. The third-order valence-corrected chi connectivity index (χ3v) is 2.75. The topological polar surface area (TPSA) is 73.6 Å². The van der Waals surface area contributed by atoms with Crippen molar-refractivity contribution in [3.8, 4) is 11.3 Å². The molecule has 0 fully saturated rings. The van der Waals surface area contributed by atoms with Crippen LogP contribution < -0.4 is 0 Å². The minimum atomic E-state index is -1.20. The molecule has 84 valence electrons. The summed E-state index contributed by atoms with van der Waals surface area (Å²) in [5.74, 6) is 0. The van der Waals surface area contributed by atoms with E-state index in [1.807, 2.05) is 13.1 Å². The number of hydrogen-bond acceptors (Lipinski definition) is 5. The molecule has 2 aromatic heterocycles. The van der Waals surface area contributed by atoms with Crippen LogP contribution in [0, 0.1) is 0 Å². The molecule has 0 spiro atoms. The summed E-state index contributed by atoms with van der Waals surface area (Å²) in [5.41, 5.74) is 1.49. The molecule has 6 nitrogen and oxygen atoms in total. The second-order valence-corrected chi connectivity index (χ2v) is 4.44. The Hall–Kier alpha value is -1.63. The Morgan fingerprint density at radius 2 is 2.19 bits per heavy atom. The van der Waals surface area contributed by atoms with E-state index in [2.05, 4.69) is 20.3 Å². The van der Waals surface area contributed by atoms with Gasteiger partial charge in [0.05, 0.1) is 23.2 Å². The molecule has 0 radical (unpaired) electrons. The predicted octanol–water partition coefficient (Wildman–Crippen LogP) is 0.492. The summed E-state index contributed by atoms with van der Waals surface area (Å²) >= 11 is 0. The van der Waals surface area contributed by atoms with E-state index in [-0.39, 0.29) is 5.16 Å². The van der Waals surface area contributed by atoms with Gasteiger partial charge < -0.3 is 0 Å². The molecule has 0 aliphatic heterocycles. The molecule has 16 heavy (non-hydrogen) atoms. The average molecular weight is 237 g/mol. The van der Waals surface area contributed by atoms with Gasteiger partial charge in [0.2, 0.25) is 5.16 Å². The number of aryl methyl sites for hydroxylation is 1. The lowest BCUT2D eigenvalue weighted by molar-refractivity contribution is 0.660. The van der Waals surface area contributed by atoms with Gasteiger partial charge in [-0.3, -0.25) is 8.89 Å². The SMILES string of the molecule is CCn1cc(-c2cnc([S@@](C)=O)nn2)cn1. The van der Waals surface area contributed by atoms with Gasteiger partial charge in [-0.25, -0.2) is 4.98 Å². The minimum absolute atomic E-state index is 0.242. The van der Waals surface area contributed by atoms with E-state index in [0.717, 1.165) is 12.1 Å². The smallest absolute Gasteiger partial charge is 0.239 e. The maximum atomic E-state index is 11.1. The normalized spacial score (nSPS) is 12.6. The van der Waals surface area contributed by atoms with Crippen LogP contribution in [0.3, 0.4) is 0 Å². The van der Waals surface area contributed by atoms with E-state index >= 15 is 0 Å². The van der Waals surface area contributed by atoms with Crippen molar-refractivity contribution in [3.63, 3.8) is 0 Å². The summed E-state index contributed by atoms with van der Waals surface area (Å²) in [5, 5.41) is 12.1. The monoisotopic (exact) mass is 237 g/mol. The van der Waals surface area contributed by atoms with Gasteiger partial charge in [-0.05, 0) is 6.92 Å². The minimum Gasteiger partial charge on any atom is -0.272 e. The van der Waals surface area contributed by atoms with E-state index in [0.29, 0.717) is 5.69 Å². The van der Waals surface area contributed by atoms with Gasteiger partial charge in [0.1, 0.15) is 5.69 Å². The molecule has 2 rings (SSSR count). The van der Waals surface area contributed by atoms with Gasteiger partial charge in [-0.2, -0.15) is 5.10 Å². The molecule has 2 heterocycles. The van der Waals surface area contributed by atoms with Crippen LogP contribution in [0.15, 0.2) is 23.7 Å². The van der Waals surface area contributed by atoms with Gasteiger partial charge in [0.15, 0.2) is 0 Å². The number of rotatable bonds is 3. The third-order valence-electron chi connectivity index (χ3n) is 2.05. The van der Waals surface area contributed by atoms with Gasteiger partial charge >= 0.3 is 0 Å². The molecule has 0 amide bonds. The van der Waals surface area contributed by atoms with E-state index in [1.54, 1.807) is 17.1 Å². The molecule has 0 unspecified atom stereocenters. The van der Waals surface area contributed by atoms with Gasteiger partial charge in [-0.15, -0.1) is 10.2 Å². The molecular formula is C9H11N5OS. The average Bonchev–Trinajstić information content (AvgIpc) is 2.77. The standard InChI is InChI=1S/C9H11N5OS/c1-3-14-6-7(4-11-14)8-5-10-9(13-12-8)16(2)15/h4-6H,3H2,1-2H3/t16-/m1/s1. The third kappa shape index (κ3) is 2.13. The summed E-state index contributed by atoms with van der Waals surface area (Å²) in [6, 6.07) is 0. The fourth-order valence-electron chi connectivity index (χ4n) is 1.20. The second kappa shape index (κ2) is 4.48. The van der Waals surface area contributed by atoms with Crippen molar-refractivity contribution in [3.05, 3.63) is 18.6 Å². The highest BCUT2D eigenvalue weighted by Crippen LogP contribution is 2.13. The van der Waals surface area contributed by atoms with Crippen LogP contribution in [0.2, 0.25) is 0 Å². The number of nitrogens with zero attached hydrogens (tertiary/aromatic N) is 5. The largest absolute Gasteiger partial charge is 0.272 e. The van der Waals surface area contributed by atoms with Crippen molar-refractivity contribution < 1.29 is 4.21 Å². The van der Waals surface area contributed by atoms with E-state index in [4.69, 9.17) is 0 Å². The van der Waals surface area contributed by atoms with Gasteiger partial charge in [0, 0.05) is 24.6 Å². The maximum absolute atomic E-state index is 11.1. The Bertz CT molecular complexity index is 507. The molecular weight excluding hydrogens is 226 g/mol. The first kappa shape index (κ1) is 10.9. The fraction of sp³-hybridized carbons (Fsp3) is 0.333. The first-order valence-electron chi connectivity index (χ1n) is 4.76. The molecule has 0 saturated heterocycles. The highest BCUT2D eigenvalue weighted by atomic mass is 32.2. The molecule has 2 aromatic rings. The van der Waals surface area contributed by atoms with E-state index in [1.165, 1.54) is 6.26 Å². The Morgan fingerprint density at radius 1 is 1.38 bits per heavy atom. The Kier molecular flexibility index (Phi) is 3.04. The van der Waals surface area contributed by atoms with Crippen molar-refractivity contribution in [1.82, 2.24) is 25.0 Å². The molecule has 7 heteroatoms. The Morgan fingerprint density at radius 3 is 2.69 bits per heavy atom. The van der Waals surface area contributed by atoms with Crippen LogP contribution in [-0.4, -0.2) is 35.4 Å². The zero-order chi connectivity index (χ0) is 11.5. The first-order valence-corrected chi connectivity index (χ1v) is 6.32. The van der Waals surface area contributed by atoms with Crippen molar-refractivity contribution >= 4 is 10.8 Å². The maximum Gasteiger partial charge on any atom is 0.239 e. The Labute approximate surface area is 95.2 Å². The zero-order valence-electron chi connectivity index (χ0n) is 8.99. The number of aromatic nitrogens is 5. The second-order valence-electron chi connectivity index (χ2n) is 3.16. The summed E-state index contributed by atoms with van der Waals surface area (Å²) < 4.78 is 12.9. The van der Waals surface area contributed by atoms with Crippen molar-refractivity contribution in [2.24, 2.45) is 0 Å². The molecule has 0 aliphatic carbocycles. The van der Waals surface area contributed by atoms with E-state index in [9.17, 15) is 4.21 Å². The number of hydrogen-bond donors (Lipinski definition) is 0. The highest BCUT2D eigenvalue weighted by Gasteiger charge is 2.06. The Balaban J connectivity index is 2.30. The van der Waals surface area contributed by atoms with Crippen molar-refractivity contribution in [1.29, 1.82) is 0 Å². The predicted molar refractivity (Wildman–Crippen MR) is 59.1 cm³/mol. The van der Waals surface area contributed by atoms with Crippen molar-refractivity contribution in [2.45, 2.75) is 18.6 Å². The molecule has 1 atom stereocenters. The summed E-state index contributed by atoms with van der Waals surface area (Å²) in [6.07, 6.45) is 6.65. The molecule has 0 aromatic carbocycles. The van der Waals surface area contributed by atoms with Crippen LogP contribution in [0.5, 0.6) is 0 Å². The quantitative estimate of drug-likeness (QED) is 0.776. The lowest BCUT2D eigenvalue weighted by Gasteiger charge is -1.96. The summed E-state index contributed by atoms with van der Waals surface area (Å²) in [7, 11) is -1.20. The van der Waals surface area contributed by atoms with Crippen LogP contribution in [0.25, 0.3) is 11.3 Å². The lowest BCUT2D eigenvalue weighted by atomic mass is 10.3. The fourth-order valence-corrected chi connectivity index (χ4v) is 1.55. The summed E-state index contributed by atoms with van der Waals surface area (Å²) in [6.45, 7) is 2.81. The van der Waals surface area contributed by atoms with Gasteiger partial charge in [-0.1, -0.05) is 0 Å². The van der Waals surface area contributed by atoms with Crippen LogP contribution >= 0.6 is 0 Å².